The van der Waals surface area contributed by atoms with Crippen LogP contribution < -0.4 is 5.73 Å². The second-order valence-corrected chi connectivity index (χ2v) is 6.64. The number of thioether (sulfide) groups is 2. The highest BCUT2D eigenvalue weighted by Gasteiger charge is 2.29. The third-order valence-corrected chi connectivity index (χ3v) is 5.65. The van der Waals surface area contributed by atoms with Crippen molar-refractivity contribution in [3.63, 3.8) is 0 Å². The van der Waals surface area contributed by atoms with E-state index in [1.54, 1.807) is 0 Å². The van der Waals surface area contributed by atoms with Gasteiger partial charge in [-0.1, -0.05) is 0 Å². The number of hydrogen-bond acceptors (Lipinski definition) is 7. The Morgan fingerprint density at radius 1 is 1.57 bits per heavy atom. The van der Waals surface area contributed by atoms with Gasteiger partial charge in [-0.3, -0.25) is 4.98 Å². The second-order valence-electron chi connectivity index (χ2n) is 4.14. The molecule has 1 aliphatic heterocycles. The Hall–Kier alpha value is -2.05. The first kappa shape index (κ1) is 13.9. The van der Waals surface area contributed by atoms with Crippen molar-refractivity contribution in [2.45, 2.75) is 5.25 Å². The molecule has 21 heavy (non-hydrogen) atoms. The summed E-state index contributed by atoms with van der Waals surface area (Å²) in [5, 5.41) is 13.1. The van der Waals surface area contributed by atoms with E-state index in [2.05, 4.69) is 21.1 Å². The molecule has 0 aliphatic carbocycles. The summed E-state index contributed by atoms with van der Waals surface area (Å²) in [6, 6.07) is 3.37. The summed E-state index contributed by atoms with van der Waals surface area (Å²) in [6.45, 7) is 0. The average Bonchev–Trinajstić information content (AvgIpc) is 3.12. The highest BCUT2D eigenvalue weighted by atomic mass is 32.2. The van der Waals surface area contributed by atoms with E-state index in [-0.39, 0.29) is 5.25 Å². The number of allylic oxidation sites excluding steroid dienone is 1. The summed E-state index contributed by atoms with van der Waals surface area (Å²) >= 11 is 2.89. The zero-order chi connectivity index (χ0) is 14.8. The Morgan fingerprint density at radius 3 is 3.10 bits per heavy atom. The van der Waals surface area contributed by atoms with Crippen molar-refractivity contribution < 1.29 is 4.39 Å². The zero-order valence-electron chi connectivity index (χ0n) is 10.6. The van der Waals surface area contributed by atoms with Gasteiger partial charge >= 0.3 is 0 Å². The lowest BCUT2D eigenvalue weighted by Crippen LogP contribution is -2.01. The maximum atomic E-state index is 13.9. The van der Waals surface area contributed by atoms with Gasteiger partial charge in [0.1, 0.15) is 24.5 Å². The summed E-state index contributed by atoms with van der Waals surface area (Å²) in [6.07, 6.45) is 4.26. The van der Waals surface area contributed by atoms with Gasteiger partial charge in [0.05, 0.1) is 27.1 Å². The van der Waals surface area contributed by atoms with E-state index in [0.29, 0.717) is 22.8 Å². The van der Waals surface area contributed by atoms with Gasteiger partial charge in [0, 0.05) is 11.8 Å². The van der Waals surface area contributed by atoms with Crippen LogP contribution in [0.1, 0.15) is 10.9 Å². The van der Waals surface area contributed by atoms with Crippen LogP contribution in [0.15, 0.2) is 29.2 Å². The summed E-state index contributed by atoms with van der Waals surface area (Å²) in [7, 11) is 0. The Morgan fingerprint density at radius 2 is 2.43 bits per heavy atom. The number of anilines is 1. The van der Waals surface area contributed by atoms with Crippen LogP contribution in [0.5, 0.6) is 0 Å². The summed E-state index contributed by atoms with van der Waals surface area (Å²) in [5.41, 5.74) is 6.54. The largest absolute Gasteiger partial charge is 0.397 e. The third kappa shape index (κ3) is 2.72. The molecule has 106 valence electrons. The molecule has 3 heterocycles. The van der Waals surface area contributed by atoms with E-state index >= 15 is 0 Å². The van der Waals surface area contributed by atoms with Gasteiger partial charge in [-0.25, -0.2) is 14.1 Å². The van der Waals surface area contributed by atoms with E-state index in [1.165, 1.54) is 53.1 Å². The molecule has 2 N–H and O–H groups in total. The molecule has 2 aromatic rings. The molecule has 1 atom stereocenters. The molecule has 1 fully saturated rings. The normalized spacial score (nSPS) is 20.3. The standard InChI is InChI=1S/C12H9FN6S2/c13-8-1-7(15)3-17-11(8)10-4-20-12(21-10)9(2-14)19-6-16-5-18-19/h1,3,5-6,10H,4,15H2. The molecule has 1 unspecified atom stereocenters. The fourth-order valence-corrected chi connectivity index (χ4v) is 4.65. The highest BCUT2D eigenvalue weighted by molar-refractivity contribution is 8.25. The predicted octanol–water partition coefficient (Wildman–Crippen LogP) is 2.27. The summed E-state index contributed by atoms with van der Waals surface area (Å²) < 4.78 is 16.1. The fourth-order valence-electron chi connectivity index (χ4n) is 1.82. The molecule has 0 saturated carbocycles. The van der Waals surface area contributed by atoms with Crippen LogP contribution >= 0.6 is 23.5 Å². The Bertz CT molecular complexity index is 737. The number of hydrogen-bond donors (Lipinski definition) is 1. The lowest BCUT2D eigenvalue weighted by atomic mass is 10.2. The molecule has 0 bridgehead atoms. The fraction of sp³-hybridized carbons (Fsp3) is 0.167. The van der Waals surface area contributed by atoms with Gasteiger partial charge in [-0.15, -0.1) is 23.5 Å². The minimum Gasteiger partial charge on any atom is -0.397 e. The van der Waals surface area contributed by atoms with E-state index in [9.17, 15) is 9.65 Å². The first-order valence-electron chi connectivity index (χ1n) is 5.89. The number of rotatable bonds is 2. The molecule has 1 saturated heterocycles. The Labute approximate surface area is 128 Å². The maximum Gasteiger partial charge on any atom is 0.163 e. The number of nitrogens with two attached hydrogens (primary N) is 1. The molecule has 0 spiro atoms. The van der Waals surface area contributed by atoms with Crippen molar-refractivity contribution in [1.29, 1.82) is 5.26 Å². The minimum absolute atomic E-state index is 0.155. The molecular weight excluding hydrogens is 311 g/mol. The number of nitriles is 1. The molecule has 3 rings (SSSR count). The predicted molar refractivity (Wildman–Crippen MR) is 80.2 cm³/mol. The first-order chi connectivity index (χ1) is 10.2. The van der Waals surface area contributed by atoms with Crippen LogP contribution in [0.4, 0.5) is 10.1 Å². The quantitative estimate of drug-likeness (QED) is 0.848. The van der Waals surface area contributed by atoms with Crippen LogP contribution in [0, 0.1) is 17.1 Å². The molecule has 9 heteroatoms. The third-order valence-electron chi connectivity index (χ3n) is 2.76. The molecule has 0 radical (unpaired) electrons. The van der Waals surface area contributed by atoms with E-state index in [0.717, 1.165) is 4.24 Å². The van der Waals surface area contributed by atoms with Crippen molar-refractivity contribution in [1.82, 2.24) is 19.7 Å². The topological polar surface area (TPSA) is 93.4 Å². The van der Waals surface area contributed by atoms with Crippen LogP contribution in [-0.2, 0) is 0 Å². The lowest BCUT2D eigenvalue weighted by molar-refractivity contribution is 0.602. The SMILES string of the molecule is N#CC(=C1SCC(c2ncc(N)cc2F)S1)n1cncn1. The van der Waals surface area contributed by atoms with Crippen molar-refractivity contribution in [3.05, 3.63) is 40.7 Å². The van der Waals surface area contributed by atoms with Gasteiger partial charge in [-0.05, 0) is 0 Å². The van der Waals surface area contributed by atoms with Gasteiger partial charge in [0.15, 0.2) is 5.70 Å². The van der Waals surface area contributed by atoms with Crippen LogP contribution in [-0.4, -0.2) is 25.5 Å². The first-order valence-corrected chi connectivity index (χ1v) is 7.75. The molecule has 0 amide bonds. The number of nitrogen functional groups attached to an aromatic ring is 1. The maximum absolute atomic E-state index is 13.9. The zero-order valence-corrected chi connectivity index (χ0v) is 12.2. The van der Waals surface area contributed by atoms with E-state index < -0.39 is 5.82 Å². The average molecular weight is 320 g/mol. The molecule has 0 aromatic carbocycles. The Balaban J connectivity index is 1.90. The van der Waals surface area contributed by atoms with Crippen molar-refractivity contribution in [2.75, 3.05) is 11.5 Å². The summed E-state index contributed by atoms with van der Waals surface area (Å²) in [4.78, 5) is 7.89. The lowest BCUT2D eigenvalue weighted by Gasteiger charge is -2.08. The molecule has 1 aliphatic rings. The number of pyridine rings is 1. The van der Waals surface area contributed by atoms with Gasteiger partial charge in [0.2, 0.25) is 0 Å². The minimum atomic E-state index is -0.423. The molecule has 6 nitrogen and oxygen atoms in total. The Kier molecular flexibility index (Phi) is 3.81. The molecular formula is C12H9FN6S2. The van der Waals surface area contributed by atoms with Gasteiger partial charge in [0.25, 0.3) is 0 Å². The van der Waals surface area contributed by atoms with Crippen molar-refractivity contribution in [2.24, 2.45) is 0 Å². The second kappa shape index (κ2) is 5.75. The van der Waals surface area contributed by atoms with Gasteiger partial charge < -0.3 is 5.73 Å². The molecule has 2 aromatic heterocycles. The number of aromatic nitrogens is 4. The number of halogens is 1. The van der Waals surface area contributed by atoms with E-state index in [4.69, 9.17) is 5.73 Å². The van der Waals surface area contributed by atoms with Gasteiger partial charge in [-0.2, -0.15) is 10.4 Å². The van der Waals surface area contributed by atoms with Crippen LogP contribution in [0.2, 0.25) is 0 Å². The monoisotopic (exact) mass is 320 g/mol. The summed E-state index contributed by atoms with van der Waals surface area (Å²) in [5.74, 6) is 0.210. The number of nitrogens with zero attached hydrogens (tertiary/aromatic N) is 5. The van der Waals surface area contributed by atoms with Crippen LogP contribution in [0.25, 0.3) is 5.70 Å². The van der Waals surface area contributed by atoms with Crippen molar-refractivity contribution >= 4 is 34.9 Å². The van der Waals surface area contributed by atoms with E-state index in [1.807, 2.05) is 0 Å². The van der Waals surface area contributed by atoms with Crippen molar-refractivity contribution in [3.8, 4) is 6.07 Å². The van der Waals surface area contributed by atoms with Crippen LogP contribution in [0.3, 0.4) is 0 Å². The highest BCUT2D eigenvalue weighted by Crippen LogP contribution is 2.51. The smallest absolute Gasteiger partial charge is 0.163 e.